The zero-order valence-corrected chi connectivity index (χ0v) is 21.7. The maximum absolute atomic E-state index is 11.2. The van der Waals surface area contributed by atoms with Gasteiger partial charge >= 0.3 is 5.97 Å². The lowest BCUT2D eigenvalue weighted by Crippen LogP contribution is -2.13. The third-order valence-electron chi connectivity index (χ3n) is 5.80. The van der Waals surface area contributed by atoms with E-state index in [4.69, 9.17) is 15.5 Å². The van der Waals surface area contributed by atoms with Crippen molar-refractivity contribution in [1.29, 1.82) is 0 Å². The fourth-order valence-corrected chi connectivity index (χ4v) is 4.92. The van der Waals surface area contributed by atoms with Crippen molar-refractivity contribution < 1.29 is 14.6 Å². The molecular formula is C31H30N2O3S. The highest BCUT2D eigenvalue weighted by Gasteiger charge is 2.17. The minimum Gasteiger partial charge on any atom is -0.489 e. The van der Waals surface area contributed by atoms with Crippen LogP contribution in [0.3, 0.4) is 0 Å². The summed E-state index contributed by atoms with van der Waals surface area (Å²) in [5.41, 5.74) is 11.8. The zero-order valence-electron chi connectivity index (χ0n) is 20.9. The number of aromatic nitrogens is 1. The van der Waals surface area contributed by atoms with Crippen molar-refractivity contribution in [3.05, 3.63) is 124 Å². The van der Waals surface area contributed by atoms with Gasteiger partial charge < -0.3 is 15.6 Å². The normalized spacial score (nSPS) is 12.8. The zero-order chi connectivity index (χ0) is 26.2. The lowest BCUT2D eigenvalue weighted by molar-refractivity contribution is -0.132. The van der Waals surface area contributed by atoms with Gasteiger partial charge in [0.2, 0.25) is 0 Å². The average Bonchev–Trinajstić information content (AvgIpc) is 3.33. The maximum atomic E-state index is 11.2. The van der Waals surface area contributed by atoms with Gasteiger partial charge in [-0.05, 0) is 66.8 Å². The van der Waals surface area contributed by atoms with E-state index in [-0.39, 0.29) is 11.6 Å². The van der Waals surface area contributed by atoms with E-state index in [2.05, 4.69) is 0 Å². The topological polar surface area (TPSA) is 85.4 Å². The Hall–Kier alpha value is -4.00. The summed E-state index contributed by atoms with van der Waals surface area (Å²) >= 11 is 1.57. The standard InChI is InChI=1S/C31H30N2O3S/c1-21(17-22(2)31(34)35)18-28-29(25-11-7-4-8-12-25)37-30(33-28)27(32)19-23-13-15-26(16-14-23)36-20-24-9-5-3-6-10-24/h3-18,27H,19-20,32H2,1-2H3,(H,34,35)/b21-18+,22-17-. The smallest absolute Gasteiger partial charge is 0.331 e. The molecule has 4 aromatic rings. The van der Waals surface area contributed by atoms with E-state index >= 15 is 0 Å². The molecule has 3 aromatic carbocycles. The molecule has 37 heavy (non-hydrogen) atoms. The van der Waals surface area contributed by atoms with Gasteiger partial charge in [0.25, 0.3) is 0 Å². The molecule has 0 radical (unpaired) electrons. The summed E-state index contributed by atoms with van der Waals surface area (Å²) in [7, 11) is 0. The largest absolute Gasteiger partial charge is 0.489 e. The molecule has 0 saturated carbocycles. The average molecular weight is 511 g/mol. The van der Waals surface area contributed by atoms with E-state index < -0.39 is 5.97 Å². The first-order valence-electron chi connectivity index (χ1n) is 12.1. The van der Waals surface area contributed by atoms with Crippen LogP contribution in [0.5, 0.6) is 5.75 Å². The quantitative estimate of drug-likeness (QED) is 0.176. The lowest BCUT2D eigenvalue weighted by atomic mass is 10.1. The molecule has 0 saturated heterocycles. The minimum atomic E-state index is -0.937. The van der Waals surface area contributed by atoms with Gasteiger partial charge in [0.15, 0.2) is 0 Å². The van der Waals surface area contributed by atoms with Crippen LogP contribution < -0.4 is 10.5 Å². The molecule has 3 N–H and O–H groups in total. The third kappa shape index (κ3) is 7.26. The van der Waals surface area contributed by atoms with Crippen LogP contribution in [-0.4, -0.2) is 16.1 Å². The number of rotatable bonds is 10. The summed E-state index contributed by atoms with van der Waals surface area (Å²) in [6, 6.07) is 27.9. The molecule has 0 bridgehead atoms. The van der Waals surface area contributed by atoms with Gasteiger partial charge in [-0.2, -0.15) is 0 Å². The van der Waals surface area contributed by atoms with E-state index in [1.807, 2.05) is 97.9 Å². The molecular weight excluding hydrogens is 480 g/mol. The van der Waals surface area contributed by atoms with Gasteiger partial charge in [0.05, 0.1) is 16.6 Å². The highest BCUT2D eigenvalue weighted by Crippen LogP contribution is 2.35. The number of ether oxygens (including phenoxy) is 1. The monoisotopic (exact) mass is 510 g/mol. The van der Waals surface area contributed by atoms with Crippen LogP contribution >= 0.6 is 11.3 Å². The first-order valence-corrected chi connectivity index (χ1v) is 12.9. The Morgan fingerprint density at radius 1 is 0.973 bits per heavy atom. The van der Waals surface area contributed by atoms with Gasteiger partial charge in [-0.3, -0.25) is 0 Å². The van der Waals surface area contributed by atoms with Crippen molar-refractivity contribution in [3.63, 3.8) is 0 Å². The fraction of sp³-hybridized carbons (Fsp3) is 0.161. The molecule has 0 fully saturated rings. The van der Waals surface area contributed by atoms with Crippen LogP contribution in [0.4, 0.5) is 0 Å². The van der Waals surface area contributed by atoms with Gasteiger partial charge in [0.1, 0.15) is 17.4 Å². The summed E-state index contributed by atoms with van der Waals surface area (Å²) in [4.78, 5) is 17.1. The molecule has 0 aliphatic rings. The van der Waals surface area contributed by atoms with Crippen LogP contribution in [0.25, 0.3) is 16.5 Å². The number of thiazole rings is 1. The van der Waals surface area contributed by atoms with Gasteiger partial charge in [-0.25, -0.2) is 9.78 Å². The molecule has 0 spiro atoms. The number of nitrogens with two attached hydrogens (primary N) is 1. The molecule has 0 amide bonds. The number of aliphatic carboxylic acids is 1. The number of carboxylic acids is 1. The second-order valence-corrected chi connectivity index (χ2v) is 9.91. The summed E-state index contributed by atoms with van der Waals surface area (Å²) in [6.07, 6.45) is 4.21. The van der Waals surface area contributed by atoms with Crippen LogP contribution in [-0.2, 0) is 17.8 Å². The van der Waals surface area contributed by atoms with Crippen molar-refractivity contribution in [3.8, 4) is 16.2 Å². The molecule has 1 aromatic heterocycles. The Bertz CT molecular complexity index is 1390. The SMILES string of the molecule is C/C(=C/C(C)=C/c1nc(C(N)Cc2ccc(OCc3ccccc3)cc2)sc1-c1ccccc1)C(=O)O. The van der Waals surface area contributed by atoms with Crippen molar-refractivity contribution in [2.75, 3.05) is 0 Å². The van der Waals surface area contributed by atoms with Gasteiger partial charge in [-0.1, -0.05) is 72.8 Å². The maximum Gasteiger partial charge on any atom is 0.331 e. The van der Waals surface area contributed by atoms with Crippen molar-refractivity contribution in [1.82, 2.24) is 4.98 Å². The van der Waals surface area contributed by atoms with E-state index in [1.54, 1.807) is 24.3 Å². The van der Waals surface area contributed by atoms with Crippen LogP contribution in [0.15, 0.2) is 102 Å². The number of hydrogen-bond acceptors (Lipinski definition) is 5. The summed E-state index contributed by atoms with van der Waals surface area (Å²) in [5, 5.41) is 10.0. The highest BCUT2D eigenvalue weighted by atomic mass is 32.1. The molecule has 1 unspecified atom stereocenters. The van der Waals surface area contributed by atoms with Crippen molar-refractivity contribution in [2.24, 2.45) is 5.73 Å². The Balaban J connectivity index is 1.51. The first kappa shape index (κ1) is 26.1. The lowest BCUT2D eigenvalue weighted by Gasteiger charge is -2.10. The Labute approximate surface area is 221 Å². The number of allylic oxidation sites excluding steroid dienone is 2. The molecule has 6 heteroatoms. The predicted molar refractivity (Wildman–Crippen MR) is 150 cm³/mol. The summed E-state index contributed by atoms with van der Waals surface area (Å²) in [5.74, 6) is -0.122. The third-order valence-corrected chi connectivity index (χ3v) is 7.05. The first-order chi connectivity index (χ1) is 17.9. The molecule has 0 aliphatic carbocycles. The minimum absolute atomic E-state index is 0.276. The Morgan fingerprint density at radius 2 is 1.62 bits per heavy atom. The van der Waals surface area contributed by atoms with Gasteiger partial charge in [0, 0.05) is 5.57 Å². The predicted octanol–water partition coefficient (Wildman–Crippen LogP) is 7.07. The number of carbonyl (C=O) groups is 1. The van der Waals surface area contributed by atoms with Crippen LogP contribution in [0, 0.1) is 0 Å². The van der Waals surface area contributed by atoms with E-state index in [9.17, 15) is 9.90 Å². The number of benzene rings is 3. The van der Waals surface area contributed by atoms with Crippen molar-refractivity contribution >= 4 is 23.4 Å². The van der Waals surface area contributed by atoms with Crippen LogP contribution in [0.2, 0.25) is 0 Å². The second kappa shape index (κ2) is 12.3. The molecule has 4 rings (SSSR count). The van der Waals surface area contributed by atoms with Crippen LogP contribution in [0.1, 0.15) is 41.7 Å². The molecule has 1 heterocycles. The number of hydrogen-bond donors (Lipinski definition) is 2. The van der Waals surface area contributed by atoms with Gasteiger partial charge in [-0.15, -0.1) is 11.3 Å². The Morgan fingerprint density at radius 3 is 2.27 bits per heavy atom. The summed E-state index contributed by atoms with van der Waals surface area (Å²) < 4.78 is 5.89. The molecule has 0 aliphatic heterocycles. The van der Waals surface area contributed by atoms with E-state index in [0.29, 0.717) is 13.0 Å². The fourth-order valence-electron chi connectivity index (χ4n) is 3.87. The highest BCUT2D eigenvalue weighted by molar-refractivity contribution is 7.15. The van der Waals surface area contributed by atoms with Crippen molar-refractivity contribution in [2.45, 2.75) is 32.9 Å². The number of nitrogens with zero attached hydrogens (tertiary/aromatic N) is 1. The number of carboxylic acid groups (broad SMARTS) is 1. The second-order valence-electron chi connectivity index (χ2n) is 8.88. The Kier molecular flexibility index (Phi) is 8.67. The molecule has 5 nitrogen and oxygen atoms in total. The summed E-state index contributed by atoms with van der Waals surface area (Å²) in [6.45, 7) is 3.98. The molecule has 1 atom stereocenters. The van der Waals surface area contributed by atoms with E-state index in [0.717, 1.165) is 43.6 Å². The van der Waals surface area contributed by atoms with E-state index in [1.165, 1.54) is 0 Å². The molecule has 188 valence electrons.